The summed E-state index contributed by atoms with van der Waals surface area (Å²) in [4.78, 5) is 9.25. The first-order chi connectivity index (χ1) is 9.67. The summed E-state index contributed by atoms with van der Waals surface area (Å²) in [5, 5.41) is 3.35. The van der Waals surface area contributed by atoms with Gasteiger partial charge in [-0.05, 0) is 24.6 Å². The molecule has 104 valence electrons. The van der Waals surface area contributed by atoms with Crippen LogP contribution in [0.15, 0.2) is 22.7 Å². The van der Waals surface area contributed by atoms with Crippen molar-refractivity contribution in [1.82, 2.24) is 15.3 Å². The van der Waals surface area contributed by atoms with Crippen molar-refractivity contribution >= 4 is 15.9 Å². The Bertz CT molecular complexity index is 620. The van der Waals surface area contributed by atoms with Crippen LogP contribution in [-0.2, 0) is 19.4 Å². The molecule has 0 spiro atoms. The molecule has 3 nitrogen and oxygen atoms in total. The topological polar surface area (TPSA) is 37.8 Å². The van der Waals surface area contributed by atoms with E-state index in [1.165, 1.54) is 17.7 Å². The average Bonchev–Trinajstić information content (AvgIpc) is 2.45. The lowest BCUT2D eigenvalue weighted by Crippen LogP contribution is -2.26. The van der Waals surface area contributed by atoms with Crippen molar-refractivity contribution in [3.8, 4) is 11.4 Å². The van der Waals surface area contributed by atoms with Crippen LogP contribution in [0.1, 0.15) is 23.9 Å². The number of aryl methyl sites for hydroxylation is 1. The summed E-state index contributed by atoms with van der Waals surface area (Å²) in [5.41, 5.74) is 4.06. The van der Waals surface area contributed by atoms with Crippen molar-refractivity contribution < 1.29 is 4.39 Å². The Labute approximate surface area is 125 Å². The van der Waals surface area contributed by atoms with Crippen molar-refractivity contribution in [3.05, 3.63) is 45.4 Å². The lowest BCUT2D eigenvalue weighted by atomic mass is 10.0. The molecule has 5 heteroatoms. The number of fused-ring (bicyclic) bond motifs is 1. The maximum Gasteiger partial charge on any atom is 0.159 e. The largest absolute Gasteiger partial charge is 0.312 e. The zero-order valence-corrected chi connectivity index (χ0v) is 12.8. The Morgan fingerprint density at radius 1 is 1.30 bits per heavy atom. The molecule has 0 saturated heterocycles. The van der Waals surface area contributed by atoms with E-state index in [9.17, 15) is 4.39 Å². The van der Waals surface area contributed by atoms with Gasteiger partial charge in [-0.3, -0.25) is 0 Å². The van der Waals surface area contributed by atoms with Gasteiger partial charge in [0, 0.05) is 40.8 Å². The number of benzene rings is 1. The maximum atomic E-state index is 13.5. The second kappa shape index (κ2) is 5.58. The second-order valence-electron chi connectivity index (χ2n) is 4.86. The molecule has 2 heterocycles. The predicted molar refractivity (Wildman–Crippen MR) is 79.9 cm³/mol. The van der Waals surface area contributed by atoms with Crippen molar-refractivity contribution in [3.63, 3.8) is 0 Å². The van der Waals surface area contributed by atoms with Gasteiger partial charge in [-0.25, -0.2) is 14.4 Å². The zero-order valence-electron chi connectivity index (χ0n) is 11.2. The summed E-state index contributed by atoms with van der Waals surface area (Å²) in [6.07, 6.45) is 1.75. The molecule has 0 radical (unpaired) electrons. The first-order valence-corrected chi connectivity index (χ1v) is 7.52. The van der Waals surface area contributed by atoms with Crippen LogP contribution in [0.5, 0.6) is 0 Å². The van der Waals surface area contributed by atoms with Crippen LogP contribution in [0.25, 0.3) is 11.4 Å². The highest BCUT2D eigenvalue weighted by Gasteiger charge is 2.17. The normalized spacial score (nSPS) is 14.2. The van der Waals surface area contributed by atoms with Gasteiger partial charge in [-0.2, -0.15) is 0 Å². The Kier molecular flexibility index (Phi) is 3.81. The summed E-state index contributed by atoms with van der Waals surface area (Å²) >= 11 is 3.32. The van der Waals surface area contributed by atoms with Gasteiger partial charge in [0.05, 0.1) is 5.69 Å². The van der Waals surface area contributed by atoms with Crippen molar-refractivity contribution in [1.29, 1.82) is 0 Å². The highest BCUT2D eigenvalue weighted by atomic mass is 79.9. The Morgan fingerprint density at radius 3 is 2.90 bits per heavy atom. The molecule has 0 aliphatic carbocycles. The fourth-order valence-electron chi connectivity index (χ4n) is 2.52. The van der Waals surface area contributed by atoms with Crippen LogP contribution in [0, 0.1) is 5.82 Å². The summed E-state index contributed by atoms with van der Waals surface area (Å²) < 4.78 is 14.2. The van der Waals surface area contributed by atoms with E-state index in [1.807, 2.05) is 6.07 Å². The lowest BCUT2D eigenvalue weighted by Gasteiger charge is -2.19. The predicted octanol–water partition coefficient (Wildman–Crippen LogP) is 3.25. The fraction of sp³-hybridized carbons (Fsp3) is 0.333. The van der Waals surface area contributed by atoms with Gasteiger partial charge in [-0.15, -0.1) is 0 Å². The van der Waals surface area contributed by atoms with E-state index in [0.717, 1.165) is 37.3 Å². The molecular weight excluding hydrogens is 321 g/mol. The third kappa shape index (κ3) is 2.60. The number of rotatable bonds is 2. The van der Waals surface area contributed by atoms with Crippen molar-refractivity contribution in [2.75, 3.05) is 6.54 Å². The number of hydrogen-bond donors (Lipinski definition) is 1. The quantitative estimate of drug-likeness (QED) is 0.915. The number of nitrogens with zero attached hydrogens (tertiary/aromatic N) is 2. The van der Waals surface area contributed by atoms with E-state index >= 15 is 0 Å². The van der Waals surface area contributed by atoms with Crippen LogP contribution in [0.4, 0.5) is 4.39 Å². The fourth-order valence-corrected chi connectivity index (χ4v) is 2.98. The summed E-state index contributed by atoms with van der Waals surface area (Å²) in [7, 11) is 0. The molecule has 0 fully saturated rings. The molecule has 0 unspecified atom stereocenters. The molecule has 0 saturated carbocycles. The van der Waals surface area contributed by atoms with Gasteiger partial charge in [0.25, 0.3) is 0 Å². The molecule has 20 heavy (non-hydrogen) atoms. The molecule has 1 aromatic carbocycles. The van der Waals surface area contributed by atoms with Crippen LogP contribution < -0.4 is 5.32 Å². The van der Waals surface area contributed by atoms with Gasteiger partial charge >= 0.3 is 0 Å². The second-order valence-corrected chi connectivity index (χ2v) is 5.77. The molecular formula is C15H15BrFN3. The molecule has 1 N–H and O–H groups in total. The maximum absolute atomic E-state index is 13.5. The third-order valence-electron chi connectivity index (χ3n) is 3.47. The summed E-state index contributed by atoms with van der Waals surface area (Å²) in [5.74, 6) is 0.332. The molecule has 0 amide bonds. The van der Waals surface area contributed by atoms with E-state index in [1.54, 1.807) is 0 Å². The van der Waals surface area contributed by atoms with Crippen LogP contribution >= 0.6 is 15.9 Å². The van der Waals surface area contributed by atoms with E-state index < -0.39 is 0 Å². The monoisotopic (exact) mass is 335 g/mol. The molecule has 3 rings (SSSR count). The van der Waals surface area contributed by atoms with Crippen LogP contribution in [0.2, 0.25) is 0 Å². The highest BCUT2D eigenvalue weighted by molar-refractivity contribution is 9.10. The lowest BCUT2D eigenvalue weighted by molar-refractivity contribution is 0.617. The Morgan fingerprint density at radius 2 is 2.15 bits per heavy atom. The Balaban J connectivity index is 2.14. The number of aromatic nitrogens is 2. The average molecular weight is 336 g/mol. The van der Waals surface area contributed by atoms with E-state index in [2.05, 4.69) is 38.1 Å². The minimum absolute atomic E-state index is 0.282. The van der Waals surface area contributed by atoms with Crippen molar-refractivity contribution in [2.24, 2.45) is 0 Å². The van der Waals surface area contributed by atoms with E-state index in [4.69, 9.17) is 0 Å². The number of halogens is 2. The van der Waals surface area contributed by atoms with Gasteiger partial charge in [0.1, 0.15) is 5.82 Å². The van der Waals surface area contributed by atoms with Gasteiger partial charge in [0.15, 0.2) is 5.82 Å². The standard InChI is InChI=1S/C15H15BrFN3/c1-2-13-12-8-18-4-3-14(12)20-15(19-13)9-5-10(16)7-11(17)6-9/h5-7,18H,2-4,8H2,1H3. The summed E-state index contributed by atoms with van der Waals surface area (Å²) in [6.45, 7) is 3.84. The third-order valence-corrected chi connectivity index (χ3v) is 3.93. The zero-order chi connectivity index (χ0) is 14.1. The summed E-state index contributed by atoms with van der Waals surface area (Å²) in [6, 6.07) is 4.77. The number of nitrogens with one attached hydrogen (secondary N) is 1. The van der Waals surface area contributed by atoms with Gasteiger partial charge in [0.2, 0.25) is 0 Å². The molecule has 1 aliphatic heterocycles. The van der Waals surface area contributed by atoms with Gasteiger partial charge in [-0.1, -0.05) is 22.9 Å². The molecule has 2 aromatic rings. The highest BCUT2D eigenvalue weighted by Crippen LogP contribution is 2.25. The molecule has 1 aliphatic rings. The minimum atomic E-state index is -0.282. The van der Waals surface area contributed by atoms with E-state index in [0.29, 0.717) is 15.9 Å². The smallest absolute Gasteiger partial charge is 0.159 e. The van der Waals surface area contributed by atoms with E-state index in [-0.39, 0.29) is 5.82 Å². The molecule has 0 atom stereocenters. The van der Waals surface area contributed by atoms with Crippen LogP contribution in [-0.4, -0.2) is 16.5 Å². The van der Waals surface area contributed by atoms with Crippen molar-refractivity contribution in [2.45, 2.75) is 26.3 Å². The Hall–Kier alpha value is -1.33. The first kappa shape index (κ1) is 13.6. The SMILES string of the molecule is CCc1nc(-c2cc(F)cc(Br)c2)nc2c1CNCC2. The minimum Gasteiger partial charge on any atom is -0.312 e. The molecule has 1 aromatic heterocycles. The van der Waals surface area contributed by atoms with Crippen LogP contribution in [0.3, 0.4) is 0 Å². The first-order valence-electron chi connectivity index (χ1n) is 6.73. The molecule has 0 bridgehead atoms. The van der Waals surface area contributed by atoms with Gasteiger partial charge < -0.3 is 5.32 Å². The number of hydrogen-bond acceptors (Lipinski definition) is 3.